The van der Waals surface area contributed by atoms with Crippen LogP contribution in [0.1, 0.15) is 84.6 Å². The Morgan fingerprint density at radius 3 is 2.17 bits per heavy atom. The molecule has 2 aromatic heterocycles. The molecule has 5 heterocycles. The monoisotopic (exact) mass is 807 g/mol. The standard InChI is InChI=1S/C50H58FN5O2Si/c1-5-36-19-16-20-37-21-17-26-41(43(36)37)45-44(51)46-42(33-52-45)47(55-30-14-6-7-15-31-55)54-48(53-46)57-35-50-28-18-32-56(50)38(27-29-50)34-58-59(49(2,3)4,39-22-10-8-11-23-39)40-24-12-9-13-25-40/h8-13,16-17,19-26,33,38H,5-7,14-15,18,27-32,34-35H2,1-4H3/t38-,50+/m1/s1. The maximum absolute atomic E-state index is 17.2. The van der Waals surface area contributed by atoms with Crippen LogP contribution in [0.4, 0.5) is 10.2 Å². The number of anilines is 1. The predicted octanol–water partition coefficient (Wildman–Crippen LogP) is 9.88. The zero-order chi connectivity index (χ0) is 40.6. The van der Waals surface area contributed by atoms with Gasteiger partial charge >= 0.3 is 6.01 Å². The molecule has 4 aromatic carbocycles. The summed E-state index contributed by atoms with van der Waals surface area (Å²) >= 11 is 0. The van der Waals surface area contributed by atoms with Crippen LogP contribution >= 0.6 is 0 Å². The number of rotatable bonds is 11. The molecule has 0 radical (unpaired) electrons. The van der Waals surface area contributed by atoms with Gasteiger partial charge in [-0.1, -0.05) is 138 Å². The van der Waals surface area contributed by atoms with Crippen LogP contribution in [-0.2, 0) is 10.8 Å². The normalized spacial score (nSPS) is 20.3. The Morgan fingerprint density at radius 2 is 1.49 bits per heavy atom. The fraction of sp³-hybridized carbons (Fsp3) is 0.420. The van der Waals surface area contributed by atoms with Crippen molar-refractivity contribution >= 4 is 46.2 Å². The summed E-state index contributed by atoms with van der Waals surface area (Å²) in [5.74, 6) is 0.298. The third-order valence-corrected chi connectivity index (χ3v) is 18.6. The van der Waals surface area contributed by atoms with E-state index in [2.05, 4.69) is 122 Å². The van der Waals surface area contributed by atoms with E-state index in [1.165, 1.54) is 28.8 Å². The molecule has 0 saturated carbocycles. The van der Waals surface area contributed by atoms with E-state index >= 15 is 4.39 Å². The molecule has 9 rings (SSSR count). The number of nitrogens with zero attached hydrogens (tertiary/aromatic N) is 5. The van der Waals surface area contributed by atoms with Gasteiger partial charge in [-0.25, -0.2) is 4.39 Å². The first-order chi connectivity index (χ1) is 28.7. The highest BCUT2D eigenvalue weighted by Crippen LogP contribution is 2.45. The average Bonchev–Trinajstić information content (AvgIpc) is 3.70. The van der Waals surface area contributed by atoms with Crippen molar-refractivity contribution in [1.82, 2.24) is 19.9 Å². The van der Waals surface area contributed by atoms with Gasteiger partial charge < -0.3 is 14.1 Å². The highest BCUT2D eigenvalue weighted by atomic mass is 28.4. The second-order valence-corrected chi connectivity index (χ2v) is 22.4. The van der Waals surface area contributed by atoms with E-state index in [-0.39, 0.29) is 28.1 Å². The lowest BCUT2D eigenvalue weighted by atomic mass is 9.95. The van der Waals surface area contributed by atoms with Crippen LogP contribution in [-0.4, -0.2) is 72.6 Å². The molecule has 306 valence electrons. The van der Waals surface area contributed by atoms with Gasteiger partial charge in [0, 0.05) is 30.9 Å². The zero-order valence-electron chi connectivity index (χ0n) is 35.2. The quantitative estimate of drug-likeness (QED) is 0.121. The van der Waals surface area contributed by atoms with Crippen molar-refractivity contribution in [2.75, 3.05) is 37.7 Å². The summed E-state index contributed by atoms with van der Waals surface area (Å²) in [5.41, 5.74) is 2.39. The molecular weight excluding hydrogens is 750 g/mol. The van der Waals surface area contributed by atoms with Crippen LogP contribution < -0.4 is 20.0 Å². The zero-order valence-corrected chi connectivity index (χ0v) is 36.2. The molecule has 0 spiro atoms. The van der Waals surface area contributed by atoms with Crippen molar-refractivity contribution in [3.63, 3.8) is 0 Å². The van der Waals surface area contributed by atoms with E-state index in [4.69, 9.17) is 24.1 Å². The summed E-state index contributed by atoms with van der Waals surface area (Å²) in [6.07, 6.45) is 11.3. The molecule has 7 nitrogen and oxygen atoms in total. The SMILES string of the molecule is CCc1cccc2cccc(-c3ncc4c(N5CCCCCC5)nc(OC[C@@]56CCCN5[C@@H](CO[Si](c5ccccc5)(c5ccccc5)C(C)(C)C)CC6)nc4c3F)c12. The lowest BCUT2D eigenvalue weighted by molar-refractivity contribution is 0.0670. The molecule has 0 bridgehead atoms. The van der Waals surface area contributed by atoms with Gasteiger partial charge in [-0.15, -0.1) is 0 Å². The Kier molecular flexibility index (Phi) is 11.0. The van der Waals surface area contributed by atoms with E-state index in [1.54, 1.807) is 6.20 Å². The Bertz CT molecular complexity index is 2370. The first-order valence-corrected chi connectivity index (χ1v) is 23.9. The molecule has 0 aliphatic carbocycles. The van der Waals surface area contributed by atoms with Crippen LogP contribution in [0.3, 0.4) is 0 Å². The number of hydrogen-bond donors (Lipinski definition) is 0. The third-order valence-electron chi connectivity index (χ3n) is 13.6. The van der Waals surface area contributed by atoms with Gasteiger partial charge in [0.25, 0.3) is 8.32 Å². The molecule has 59 heavy (non-hydrogen) atoms. The highest BCUT2D eigenvalue weighted by Gasteiger charge is 2.54. The van der Waals surface area contributed by atoms with Gasteiger partial charge in [0.05, 0.1) is 17.5 Å². The van der Waals surface area contributed by atoms with Gasteiger partial charge in [0.15, 0.2) is 5.82 Å². The summed E-state index contributed by atoms with van der Waals surface area (Å²) in [6, 6.07) is 34.7. The van der Waals surface area contributed by atoms with Crippen molar-refractivity contribution in [1.29, 1.82) is 0 Å². The fourth-order valence-electron chi connectivity index (χ4n) is 10.7. The Morgan fingerprint density at radius 1 is 0.797 bits per heavy atom. The number of fused-ring (bicyclic) bond motifs is 3. The van der Waals surface area contributed by atoms with Gasteiger partial charge in [0.1, 0.15) is 23.6 Å². The third kappa shape index (κ3) is 7.23. The lowest BCUT2D eigenvalue weighted by Crippen LogP contribution is -2.67. The first kappa shape index (κ1) is 39.7. The van der Waals surface area contributed by atoms with Crippen molar-refractivity contribution in [2.45, 2.75) is 102 Å². The maximum atomic E-state index is 17.2. The number of ether oxygens (including phenoxy) is 1. The average molecular weight is 808 g/mol. The highest BCUT2D eigenvalue weighted by molar-refractivity contribution is 6.99. The first-order valence-electron chi connectivity index (χ1n) is 22.0. The minimum atomic E-state index is -2.69. The van der Waals surface area contributed by atoms with Crippen LogP contribution in [0.15, 0.2) is 103 Å². The molecular formula is C50H58FN5O2Si. The van der Waals surface area contributed by atoms with Gasteiger partial charge in [-0.3, -0.25) is 9.88 Å². The summed E-state index contributed by atoms with van der Waals surface area (Å²) in [4.78, 5) is 19.8. The Hall–Kier alpha value is -4.70. The van der Waals surface area contributed by atoms with Gasteiger partial charge in [-0.2, -0.15) is 9.97 Å². The summed E-state index contributed by atoms with van der Waals surface area (Å²) < 4.78 is 31.4. The number of hydrogen-bond acceptors (Lipinski definition) is 7. The number of pyridine rings is 1. The van der Waals surface area contributed by atoms with Crippen molar-refractivity contribution < 1.29 is 13.6 Å². The minimum Gasteiger partial charge on any atom is -0.461 e. The number of aromatic nitrogens is 3. The Labute approximate surface area is 350 Å². The number of benzene rings is 4. The molecule has 3 aliphatic rings. The second-order valence-electron chi connectivity index (χ2n) is 18.1. The summed E-state index contributed by atoms with van der Waals surface area (Å²) in [7, 11) is -2.69. The van der Waals surface area contributed by atoms with Crippen LogP contribution in [0.5, 0.6) is 6.01 Å². The molecule has 0 amide bonds. The van der Waals surface area contributed by atoms with Crippen LogP contribution in [0.25, 0.3) is 32.9 Å². The number of aryl methyl sites for hydroxylation is 1. The topological polar surface area (TPSA) is 63.6 Å². The predicted molar refractivity (Wildman–Crippen MR) is 241 cm³/mol. The fourth-order valence-corrected chi connectivity index (χ4v) is 15.3. The molecule has 0 N–H and O–H groups in total. The molecule has 3 aliphatic heterocycles. The van der Waals surface area contributed by atoms with E-state index in [0.717, 1.165) is 86.7 Å². The van der Waals surface area contributed by atoms with Crippen molar-refractivity contribution in [3.05, 3.63) is 115 Å². The van der Waals surface area contributed by atoms with Gasteiger partial charge in [0.2, 0.25) is 0 Å². The lowest BCUT2D eigenvalue weighted by Gasteiger charge is -2.44. The molecule has 0 unspecified atom stereocenters. The molecule has 3 saturated heterocycles. The van der Waals surface area contributed by atoms with Crippen LogP contribution in [0.2, 0.25) is 5.04 Å². The van der Waals surface area contributed by atoms with Gasteiger partial charge in [-0.05, 0) is 83.2 Å². The van der Waals surface area contributed by atoms with E-state index in [0.29, 0.717) is 24.3 Å². The number of halogens is 1. The van der Waals surface area contributed by atoms with Crippen molar-refractivity contribution in [3.8, 4) is 17.3 Å². The minimum absolute atomic E-state index is 0.0887. The van der Waals surface area contributed by atoms with E-state index in [1.807, 2.05) is 12.1 Å². The molecule has 6 aromatic rings. The van der Waals surface area contributed by atoms with Crippen LogP contribution in [0, 0.1) is 5.82 Å². The largest absolute Gasteiger partial charge is 0.461 e. The van der Waals surface area contributed by atoms with E-state index < -0.39 is 14.1 Å². The second kappa shape index (κ2) is 16.4. The molecule has 3 fully saturated rings. The van der Waals surface area contributed by atoms with Crippen molar-refractivity contribution in [2.24, 2.45) is 0 Å². The maximum Gasteiger partial charge on any atom is 0.319 e. The van der Waals surface area contributed by atoms with E-state index in [9.17, 15) is 0 Å². The summed E-state index contributed by atoms with van der Waals surface area (Å²) in [5, 5.41) is 5.27. The summed E-state index contributed by atoms with van der Waals surface area (Å²) in [6.45, 7) is 13.0. The Balaban J connectivity index is 1.04. The molecule has 2 atom stereocenters. The smallest absolute Gasteiger partial charge is 0.319 e. The molecule has 9 heteroatoms.